The van der Waals surface area contributed by atoms with Crippen LogP contribution in [0.1, 0.15) is 33.6 Å². The van der Waals surface area contributed by atoms with E-state index in [4.69, 9.17) is 5.73 Å². The quantitative estimate of drug-likeness (QED) is 0.702. The molecule has 1 heterocycles. The number of nitrogens with zero attached hydrogens (tertiary/aromatic N) is 1. The topological polar surface area (TPSA) is 41.3 Å². The number of likely N-dealkylation sites (tertiary alicyclic amines) is 1. The summed E-state index contributed by atoms with van der Waals surface area (Å²) in [5, 5.41) is 3.53. The van der Waals surface area contributed by atoms with Crippen molar-refractivity contribution in [1.82, 2.24) is 10.2 Å². The van der Waals surface area contributed by atoms with E-state index in [-0.39, 0.29) is 5.54 Å². The summed E-state index contributed by atoms with van der Waals surface area (Å²) >= 11 is 0. The van der Waals surface area contributed by atoms with Gasteiger partial charge >= 0.3 is 0 Å². The van der Waals surface area contributed by atoms with Gasteiger partial charge in [-0.3, -0.25) is 5.32 Å². The summed E-state index contributed by atoms with van der Waals surface area (Å²) in [7, 11) is 0. The Kier molecular flexibility index (Phi) is 5.97. The first-order chi connectivity index (χ1) is 8.12. The maximum absolute atomic E-state index is 5.94. The second-order valence-electron chi connectivity index (χ2n) is 5.46. The molecule has 3 N–H and O–H groups in total. The second kappa shape index (κ2) is 7.00. The number of nitrogens with two attached hydrogens (primary N) is 1. The summed E-state index contributed by atoms with van der Waals surface area (Å²) in [4.78, 5) is 2.55. The van der Waals surface area contributed by atoms with Gasteiger partial charge in [-0.2, -0.15) is 0 Å². The Morgan fingerprint density at radius 3 is 2.47 bits per heavy atom. The van der Waals surface area contributed by atoms with Gasteiger partial charge in [-0.25, -0.2) is 0 Å². The zero-order chi connectivity index (χ0) is 12.7. The first kappa shape index (κ1) is 14.5. The van der Waals surface area contributed by atoms with Gasteiger partial charge in [-0.15, -0.1) is 5.92 Å². The third kappa shape index (κ3) is 4.67. The maximum Gasteiger partial charge on any atom is 0.0581 e. The van der Waals surface area contributed by atoms with Crippen LogP contribution in [0.3, 0.4) is 0 Å². The third-order valence-corrected chi connectivity index (χ3v) is 3.56. The van der Waals surface area contributed by atoms with Gasteiger partial charge in [-0.1, -0.05) is 19.8 Å². The molecule has 0 amide bonds. The average molecular weight is 237 g/mol. The predicted molar refractivity (Wildman–Crippen MR) is 73.8 cm³/mol. The molecule has 0 unspecified atom stereocenters. The minimum atomic E-state index is 0.122. The molecule has 0 aromatic rings. The van der Waals surface area contributed by atoms with E-state index in [1.807, 2.05) is 6.92 Å². The lowest BCUT2D eigenvalue weighted by Crippen LogP contribution is -2.58. The highest BCUT2D eigenvalue weighted by molar-refractivity contribution is 5.02. The molecule has 17 heavy (non-hydrogen) atoms. The van der Waals surface area contributed by atoms with Crippen molar-refractivity contribution in [2.75, 3.05) is 32.7 Å². The van der Waals surface area contributed by atoms with Crippen LogP contribution in [0.4, 0.5) is 0 Å². The molecule has 1 aliphatic rings. The SMILES string of the molecule is CC#CCNC1(CN)CCN(CC(C)C)CC1. The summed E-state index contributed by atoms with van der Waals surface area (Å²) < 4.78 is 0. The number of piperidine rings is 1. The fraction of sp³-hybridized carbons (Fsp3) is 0.857. The molecule has 3 heteroatoms. The van der Waals surface area contributed by atoms with E-state index >= 15 is 0 Å². The van der Waals surface area contributed by atoms with Crippen molar-refractivity contribution in [1.29, 1.82) is 0 Å². The fourth-order valence-electron chi connectivity index (χ4n) is 2.45. The molecule has 0 radical (unpaired) electrons. The molecular formula is C14H27N3. The molecule has 0 aromatic carbocycles. The number of rotatable bonds is 5. The molecule has 98 valence electrons. The summed E-state index contributed by atoms with van der Waals surface area (Å²) in [5.41, 5.74) is 6.06. The van der Waals surface area contributed by atoms with E-state index in [2.05, 4.69) is 35.9 Å². The van der Waals surface area contributed by atoms with Crippen molar-refractivity contribution in [2.45, 2.75) is 39.2 Å². The normalized spacial score (nSPS) is 20.1. The second-order valence-corrected chi connectivity index (χ2v) is 5.46. The molecule has 0 bridgehead atoms. The van der Waals surface area contributed by atoms with E-state index in [1.165, 1.54) is 6.54 Å². The molecule has 0 aromatic heterocycles. The van der Waals surface area contributed by atoms with Crippen LogP contribution in [0.25, 0.3) is 0 Å². The van der Waals surface area contributed by atoms with Crippen LogP contribution >= 0.6 is 0 Å². The highest BCUT2D eigenvalue weighted by atomic mass is 15.2. The van der Waals surface area contributed by atoms with Gasteiger partial charge in [0.15, 0.2) is 0 Å². The largest absolute Gasteiger partial charge is 0.329 e. The van der Waals surface area contributed by atoms with Crippen molar-refractivity contribution >= 4 is 0 Å². The van der Waals surface area contributed by atoms with E-state index in [1.54, 1.807) is 0 Å². The third-order valence-electron chi connectivity index (χ3n) is 3.56. The summed E-state index contributed by atoms with van der Waals surface area (Å²) in [6.45, 7) is 11.4. The van der Waals surface area contributed by atoms with Crippen molar-refractivity contribution in [3.63, 3.8) is 0 Å². The van der Waals surface area contributed by atoms with E-state index < -0.39 is 0 Å². The lowest BCUT2D eigenvalue weighted by Gasteiger charge is -2.42. The van der Waals surface area contributed by atoms with Crippen molar-refractivity contribution in [3.8, 4) is 11.8 Å². The number of hydrogen-bond donors (Lipinski definition) is 2. The summed E-state index contributed by atoms with van der Waals surface area (Å²) in [6, 6.07) is 0. The first-order valence-corrected chi connectivity index (χ1v) is 6.69. The van der Waals surface area contributed by atoms with Crippen LogP contribution in [-0.4, -0.2) is 43.2 Å². The Morgan fingerprint density at radius 1 is 1.35 bits per heavy atom. The molecule has 0 saturated carbocycles. The highest BCUT2D eigenvalue weighted by Crippen LogP contribution is 2.21. The van der Waals surface area contributed by atoms with Gasteiger partial charge in [0.25, 0.3) is 0 Å². The Hall–Kier alpha value is -0.560. The van der Waals surface area contributed by atoms with Gasteiger partial charge in [0.2, 0.25) is 0 Å². The lowest BCUT2D eigenvalue weighted by molar-refractivity contribution is 0.131. The van der Waals surface area contributed by atoms with Gasteiger partial charge in [0.05, 0.1) is 6.54 Å². The van der Waals surface area contributed by atoms with E-state index in [9.17, 15) is 0 Å². The Balaban J connectivity index is 2.41. The maximum atomic E-state index is 5.94. The van der Waals surface area contributed by atoms with E-state index in [0.717, 1.165) is 38.4 Å². The first-order valence-electron chi connectivity index (χ1n) is 6.69. The monoisotopic (exact) mass is 237 g/mol. The smallest absolute Gasteiger partial charge is 0.0581 e. The van der Waals surface area contributed by atoms with Crippen molar-refractivity contribution in [3.05, 3.63) is 0 Å². The lowest BCUT2D eigenvalue weighted by atomic mass is 9.87. The molecule has 0 atom stereocenters. The Bertz CT molecular complexity index is 267. The van der Waals surface area contributed by atoms with Crippen molar-refractivity contribution in [2.24, 2.45) is 11.7 Å². The molecule has 1 fully saturated rings. The Labute approximate surface area is 106 Å². The van der Waals surface area contributed by atoms with E-state index in [0.29, 0.717) is 6.54 Å². The van der Waals surface area contributed by atoms with Crippen LogP contribution in [0.15, 0.2) is 0 Å². The zero-order valence-electron chi connectivity index (χ0n) is 11.6. The number of hydrogen-bond acceptors (Lipinski definition) is 3. The average Bonchev–Trinajstić information content (AvgIpc) is 2.31. The van der Waals surface area contributed by atoms with Crippen molar-refractivity contribution < 1.29 is 0 Å². The standard InChI is InChI=1S/C14H27N3/c1-4-5-8-16-14(12-15)6-9-17(10-7-14)11-13(2)3/h13,16H,6-12,15H2,1-3H3. The fourth-order valence-corrected chi connectivity index (χ4v) is 2.45. The molecular weight excluding hydrogens is 210 g/mol. The highest BCUT2D eigenvalue weighted by Gasteiger charge is 2.32. The predicted octanol–water partition coefficient (Wildman–Crippen LogP) is 1.05. The van der Waals surface area contributed by atoms with Gasteiger partial charge < -0.3 is 10.6 Å². The zero-order valence-corrected chi connectivity index (χ0v) is 11.6. The minimum Gasteiger partial charge on any atom is -0.329 e. The summed E-state index contributed by atoms with van der Waals surface area (Å²) in [6.07, 6.45) is 2.28. The molecule has 1 saturated heterocycles. The van der Waals surface area contributed by atoms with Crippen LogP contribution in [0.5, 0.6) is 0 Å². The van der Waals surface area contributed by atoms with Crippen LogP contribution in [0, 0.1) is 17.8 Å². The van der Waals surface area contributed by atoms with Crippen LogP contribution in [-0.2, 0) is 0 Å². The van der Waals surface area contributed by atoms with Crippen LogP contribution in [0.2, 0.25) is 0 Å². The molecule has 0 spiro atoms. The van der Waals surface area contributed by atoms with Gasteiger partial charge in [0.1, 0.15) is 0 Å². The molecule has 1 aliphatic heterocycles. The number of nitrogens with one attached hydrogen (secondary N) is 1. The van der Waals surface area contributed by atoms with Gasteiger partial charge in [-0.05, 0) is 38.8 Å². The van der Waals surface area contributed by atoms with Gasteiger partial charge in [0, 0.05) is 18.6 Å². The molecule has 0 aliphatic carbocycles. The van der Waals surface area contributed by atoms with Crippen LogP contribution < -0.4 is 11.1 Å². The molecule has 1 rings (SSSR count). The Morgan fingerprint density at radius 2 is 2.00 bits per heavy atom. The summed E-state index contributed by atoms with van der Waals surface area (Å²) in [5.74, 6) is 6.74. The minimum absolute atomic E-state index is 0.122. The molecule has 3 nitrogen and oxygen atoms in total.